The lowest BCUT2D eigenvalue weighted by atomic mass is 10.1. The van der Waals surface area contributed by atoms with E-state index in [0.29, 0.717) is 6.04 Å². The molecule has 1 atom stereocenters. The van der Waals surface area contributed by atoms with Crippen LogP contribution in [0.4, 0.5) is 0 Å². The van der Waals surface area contributed by atoms with Crippen molar-refractivity contribution in [2.24, 2.45) is 0 Å². The quantitative estimate of drug-likeness (QED) is 0.927. The Morgan fingerprint density at radius 1 is 1.35 bits per heavy atom. The van der Waals surface area contributed by atoms with Crippen LogP contribution in [0.15, 0.2) is 22.7 Å². The van der Waals surface area contributed by atoms with E-state index in [4.69, 9.17) is 4.74 Å². The Hall–Kier alpha value is -0.580. The van der Waals surface area contributed by atoms with Crippen LogP contribution in [0.1, 0.15) is 18.5 Å². The molecule has 94 valence electrons. The molecule has 1 aliphatic heterocycles. The lowest BCUT2D eigenvalue weighted by molar-refractivity contribution is 0.185. The molecule has 1 aliphatic rings. The summed E-state index contributed by atoms with van der Waals surface area (Å²) in [7, 11) is 1.69. The van der Waals surface area contributed by atoms with Crippen LogP contribution in [-0.2, 0) is 0 Å². The van der Waals surface area contributed by atoms with Crippen molar-refractivity contribution in [1.29, 1.82) is 0 Å². The highest BCUT2D eigenvalue weighted by atomic mass is 79.9. The number of nitrogens with zero attached hydrogens (tertiary/aromatic N) is 1. The highest BCUT2D eigenvalue weighted by molar-refractivity contribution is 9.10. The predicted octanol–water partition coefficient (Wildman–Crippen LogP) is 2.42. The van der Waals surface area contributed by atoms with E-state index in [0.717, 1.165) is 36.4 Å². The average molecular weight is 299 g/mol. The number of hydrogen-bond donors (Lipinski definition) is 1. The normalized spacial score (nSPS) is 19.0. The van der Waals surface area contributed by atoms with E-state index in [1.54, 1.807) is 7.11 Å². The van der Waals surface area contributed by atoms with Crippen molar-refractivity contribution >= 4 is 15.9 Å². The standard InChI is InChI=1S/C13H19BrN2O/c1-10(16-7-5-15-6-8-16)11-3-4-13(17-2)12(14)9-11/h3-4,9-10,15H,5-8H2,1-2H3. The molecule has 1 fully saturated rings. The maximum Gasteiger partial charge on any atom is 0.133 e. The van der Waals surface area contributed by atoms with Gasteiger partial charge in [0.1, 0.15) is 5.75 Å². The van der Waals surface area contributed by atoms with Crippen LogP contribution in [0.3, 0.4) is 0 Å². The number of benzene rings is 1. The summed E-state index contributed by atoms with van der Waals surface area (Å²) in [6.45, 7) is 6.67. The van der Waals surface area contributed by atoms with Gasteiger partial charge in [-0.25, -0.2) is 0 Å². The van der Waals surface area contributed by atoms with Gasteiger partial charge >= 0.3 is 0 Å². The zero-order valence-electron chi connectivity index (χ0n) is 10.4. The second-order valence-electron chi connectivity index (χ2n) is 4.36. The van der Waals surface area contributed by atoms with Gasteiger partial charge in [0.05, 0.1) is 11.6 Å². The highest BCUT2D eigenvalue weighted by Crippen LogP contribution is 2.30. The van der Waals surface area contributed by atoms with Crippen LogP contribution in [0, 0.1) is 0 Å². The van der Waals surface area contributed by atoms with Gasteiger partial charge in [-0.1, -0.05) is 6.07 Å². The largest absolute Gasteiger partial charge is 0.496 e. The van der Waals surface area contributed by atoms with Gasteiger partial charge in [-0.3, -0.25) is 4.90 Å². The van der Waals surface area contributed by atoms with Gasteiger partial charge in [-0.2, -0.15) is 0 Å². The Bertz CT molecular complexity index is 378. The van der Waals surface area contributed by atoms with Crippen molar-refractivity contribution in [2.45, 2.75) is 13.0 Å². The van der Waals surface area contributed by atoms with E-state index in [-0.39, 0.29) is 0 Å². The van der Waals surface area contributed by atoms with Crippen LogP contribution in [-0.4, -0.2) is 38.2 Å². The topological polar surface area (TPSA) is 24.5 Å². The lowest BCUT2D eigenvalue weighted by Crippen LogP contribution is -2.44. The first kappa shape index (κ1) is 12.9. The van der Waals surface area contributed by atoms with Crippen LogP contribution in [0.2, 0.25) is 0 Å². The minimum absolute atomic E-state index is 0.458. The van der Waals surface area contributed by atoms with E-state index in [1.165, 1.54) is 5.56 Å². The minimum Gasteiger partial charge on any atom is -0.496 e. The maximum absolute atomic E-state index is 5.25. The Kier molecular flexibility index (Phi) is 4.42. The van der Waals surface area contributed by atoms with Crippen LogP contribution in [0.5, 0.6) is 5.75 Å². The van der Waals surface area contributed by atoms with Gasteiger partial charge < -0.3 is 10.1 Å². The molecule has 1 aromatic rings. The van der Waals surface area contributed by atoms with Crippen molar-refractivity contribution < 1.29 is 4.74 Å². The zero-order valence-corrected chi connectivity index (χ0v) is 12.0. The summed E-state index contributed by atoms with van der Waals surface area (Å²) < 4.78 is 6.28. The predicted molar refractivity (Wildman–Crippen MR) is 73.6 cm³/mol. The molecule has 0 saturated carbocycles. The molecule has 1 saturated heterocycles. The van der Waals surface area contributed by atoms with Gasteiger partial charge in [0.25, 0.3) is 0 Å². The number of hydrogen-bond acceptors (Lipinski definition) is 3. The van der Waals surface area contributed by atoms with Gasteiger partial charge in [-0.05, 0) is 40.5 Å². The SMILES string of the molecule is COc1ccc(C(C)N2CCNCC2)cc1Br. The molecule has 1 heterocycles. The van der Waals surface area contributed by atoms with E-state index in [9.17, 15) is 0 Å². The Balaban J connectivity index is 2.12. The summed E-state index contributed by atoms with van der Waals surface area (Å²) in [5.74, 6) is 0.890. The molecule has 4 heteroatoms. The van der Waals surface area contributed by atoms with Crippen molar-refractivity contribution in [2.75, 3.05) is 33.3 Å². The molecule has 1 unspecified atom stereocenters. The molecule has 1 N–H and O–H groups in total. The molecule has 0 aliphatic carbocycles. The second-order valence-corrected chi connectivity index (χ2v) is 5.21. The molecule has 0 aromatic heterocycles. The Labute approximate surface area is 111 Å². The molecule has 2 rings (SSSR count). The van der Waals surface area contributed by atoms with E-state index < -0.39 is 0 Å². The molecule has 3 nitrogen and oxygen atoms in total. The molecule has 0 radical (unpaired) electrons. The van der Waals surface area contributed by atoms with E-state index in [1.807, 2.05) is 6.07 Å². The molecule has 1 aromatic carbocycles. The summed E-state index contributed by atoms with van der Waals surface area (Å²) in [5, 5.41) is 3.38. The third-order valence-electron chi connectivity index (χ3n) is 3.36. The number of nitrogens with one attached hydrogen (secondary N) is 1. The van der Waals surface area contributed by atoms with Gasteiger partial charge in [0.15, 0.2) is 0 Å². The zero-order chi connectivity index (χ0) is 12.3. The number of halogens is 1. The average Bonchev–Trinajstić information content (AvgIpc) is 2.39. The Morgan fingerprint density at radius 2 is 2.06 bits per heavy atom. The molecule has 17 heavy (non-hydrogen) atoms. The summed E-state index contributed by atoms with van der Waals surface area (Å²) in [6.07, 6.45) is 0. The second kappa shape index (κ2) is 5.85. The third-order valence-corrected chi connectivity index (χ3v) is 3.98. The van der Waals surface area contributed by atoms with Gasteiger partial charge in [0.2, 0.25) is 0 Å². The monoisotopic (exact) mass is 298 g/mol. The van der Waals surface area contributed by atoms with Crippen LogP contribution in [0.25, 0.3) is 0 Å². The first-order valence-corrected chi connectivity index (χ1v) is 6.80. The van der Waals surface area contributed by atoms with Crippen molar-refractivity contribution in [3.05, 3.63) is 28.2 Å². The lowest BCUT2D eigenvalue weighted by Gasteiger charge is -2.33. The fraction of sp³-hybridized carbons (Fsp3) is 0.538. The van der Waals surface area contributed by atoms with Crippen LogP contribution < -0.4 is 10.1 Å². The van der Waals surface area contributed by atoms with Crippen molar-refractivity contribution in [3.63, 3.8) is 0 Å². The summed E-state index contributed by atoms with van der Waals surface area (Å²) in [4.78, 5) is 2.50. The minimum atomic E-state index is 0.458. The maximum atomic E-state index is 5.25. The molecule has 0 bridgehead atoms. The third kappa shape index (κ3) is 3.00. The molecular formula is C13H19BrN2O. The summed E-state index contributed by atoms with van der Waals surface area (Å²) in [6, 6.07) is 6.79. The first-order valence-electron chi connectivity index (χ1n) is 6.00. The fourth-order valence-corrected chi connectivity index (χ4v) is 2.78. The van der Waals surface area contributed by atoms with Crippen molar-refractivity contribution in [3.8, 4) is 5.75 Å². The fourth-order valence-electron chi connectivity index (χ4n) is 2.22. The number of ether oxygens (including phenoxy) is 1. The smallest absolute Gasteiger partial charge is 0.133 e. The van der Waals surface area contributed by atoms with E-state index >= 15 is 0 Å². The molecular weight excluding hydrogens is 280 g/mol. The summed E-state index contributed by atoms with van der Waals surface area (Å²) in [5.41, 5.74) is 1.33. The molecule has 0 spiro atoms. The van der Waals surface area contributed by atoms with Gasteiger partial charge in [0, 0.05) is 32.2 Å². The first-order chi connectivity index (χ1) is 8.22. The van der Waals surface area contributed by atoms with Crippen molar-refractivity contribution in [1.82, 2.24) is 10.2 Å². The molecule has 0 amide bonds. The van der Waals surface area contributed by atoms with Crippen LogP contribution >= 0.6 is 15.9 Å². The van der Waals surface area contributed by atoms with Gasteiger partial charge in [-0.15, -0.1) is 0 Å². The summed E-state index contributed by atoms with van der Waals surface area (Å²) >= 11 is 3.54. The number of rotatable bonds is 3. The van der Waals surface area contributed by atoms with E-state index in [2.05, 4.69) is 45.2 Å². The number of piperazine rings is 1. The number of methoxy groups -OCH3 is 1. The highest BCUT2D eigenvalue weighted by Gasteiger charge is 2.18. The Morgan fingerprint density at radius 3 is 2.65 bits per heavy atom.